The summed E-state index contributed by atoms with van der Waals surface area (Å²) in [6, 6.07) is 13.3. The zero-order chi connectivity index (χ0) is 24.6. The summed E-state index contributed by atoms with van der Waals surface area (Å²) in [6.07, 6.45) is 6.16. The van der Waals surface area contributed by atoms with Gasteiger partial charge in [-0.3, -0.25) is 4.79 Å². The molecule has 10 nitrogen and oxygen atoms in total. The SMILES string of the molecule is COc1cc(/C=C/C(=O)OCC(=O)N2N=C(c3ccco3)CC2c2ccco2)ccc1OCC#N. The van der Waals surface area contributed by atoms with Gasteiger partial charge in [-0.05, 0) is 48.0 Å². The molecule has 1 aromatic carbocycles. The maximum absolute atomic E-state index is 12.8. The Kier molecular flexibility index (Phi) is 7.28. The van der Waals surface area contributed by atoms with Gasteiger partial charge >= 0.3 is 5.97 Å². The van der Waals surface area contributed by atoms with E-state index in [0.29, 0.717) is 40.7 Å². The molecule has 0 saturated carbocycles. The number of carbonyl (C=O) groups excluding carboxylic acids is 2. The van der Waals surface area contributed by atoms with Crippen LogP contribution in [0.2, 0.25) is 0 Å². The predicted molar refractivity (Wildman–Crippen MR) is 122 cm³/mol. The molecule has 2 aromatic heterocycles. The third-order valence-corrected chi connectivity index (χ3v) is 5.07. The molecule has 3 heterocycles. The van der Waals surface area contributed by atoms with E-state index >= 15 is 0 Å². The number of furan rings is 2. The molecule has 1 aliphatic heterocycles. The van der Waals surface area contributed by atoms with E-state index in [-0.39, 0.29) is 6.61 Å². The van der Waals surface area contributed by atoms with Crippen molar-refractivity contribution < 1.29 is 32.6 Å². The van der Waals surface area contributed by atoms with E-state index in [0.717, 1.165) is 0 Å². The molecule has 1 atom stereocenters. The van der Waals surface area contributed by atoms with Gasteiger partial charge in [0.1, 0.15) is 29.3 Å². The van der Waals surface area contributed by atoms with Gasteiger partial charge in [0, 0.05) is 12.5 Å². The minimum Gasteiger partial charge on any atom is -0.493 e. The summed E-state index contributed by atoms with van der Waals surface area (Å²) in [5.74, 6) is 0.725. The Morgan fingerprint density at radius 3 is 2.74 bits per heavy atom. The number of hydrogen-bond donors (Lipinski definition) is 0. The van der Waals surface area contributed by atoms with Gasteiger partial charge in [-0.15, -0.1) is 0 Å². The first-order chi connectivity index (χ1) is 17.1. The maximum Gasteiger partial charge on any atom is 0.331 e. The Labute approximate surface area is 200 Å². The predicted octanol–water partition coefficient (Wildman–Crippen LogP) is 3.72. The maximum atomic E-state index is 12.8. The Balaban J connectivity index is 1.38. The highest BCUT2D eigenvalue weighted by atomic mass is 16.5. The molecule has 4 rings (SSSR count). The van der Waals surface area contributed by atoms with Crippen molar-refractivity contribution in [2.24, 2.45) is 5.10 Å². The minimum atomic E-state index is -0.703. The van der Waals surface area contributed by atoms with Crippen molar-refractivity contribution in [1.29, 1.82) is 5.26 Å². The van der Waals surface area contributed by atoms with Crippen molar-refractivity contribution in [2.45, 2.75) is 12.5 Å². The van der Waals surface area contributed by atoms with Crippen LogP contribution in [0.1, 0.15) is 29.5 Å². The minimum absolute atomic E-state index is 0.114. The van der Waals surface area contributed by atoms with Crippen LogP contribution in [0.25, 0.3) is 6.08 Å². The molecule has 0 radical (unpaired) electrons. The highest BCUT2D eigenvalue weighted by Gasteiger charge is 2.36. The average Bonchev–Trinajstić information content (AvgIpc) is 3.66. The number of benzene rings is 1. The zero-order valence-electron chi connectivity index (χ0n) is 18.7. The van der Waals surface area contributed by atoms with Gasteiger partial charge in [-0.25, -0.2) is 9.80 Å². The molecule has 10 heteroatoms. The number of hydrazone groups is 1. The van der Waals surface area contributed by atoms with E-state index in [1.807, 2.05) is 6.07 Å². The molecule has 1 amide bonds. The summed E-state index contributed by atoms with van der Waals surface area (Å²) in [5, 5.41) is 14.3. The largest absolute Gasteiger partial charge is 0.493 e. The Morgan fingerprint density at radius 2 is 2.03 bits per heavy atom. The normalized spacial score (nSPS) is 15.0. The number of ether oxygens (including phenoxy) is 3. The van der Waals surface area contributed by atoms with Crippen molar-refractivity contribution in [2.75, 3.05) is 20.3 Å². The smallest absolute Gasteiger partial charge is 0.331 e. The van der Waals surface area contributed by atoms with Gasteiger partial charge in [0.15, 0.2) is 24.7 Å². The lowest BCUT2D eigenvalue weighted by Gasteiger charge is -2.19. The Hall–Kier alpha value is -4.78. The van der Waals surface area contributed by atoms with Gasteiger partial charge in [-0.1, -0.05) is 6.07 Å². The molecular weight excluding hydrogens is 454 g/mol. The van der Waals surface area contributed by atoms with Gasteiger partial charge in [0.2, 0.25) is 0 Å². The topological polar surface area (TPSA) is 128 Å². The van der Waals surface area contributed by atoms with E-state index in [4.69, 9.17) is 28.3 Å². The van der Waals surface area contributed by atoms with Crippen molar-refractivity contribution >= 4 is 23.7 Å². The summed E-state index contributed by atoms with van der Waals surface area (Å²) in [6.45, 7) is -0.615. The molecule has 3 aromatic rings. The standard InChI is InChI=1S/C25H21N3O7/c1-31-23-14-17(6-8-22(23)34-13-10-26)7-9-25(30)35-16-24(29)28-19(21-5-3-12-33-21)15-18(27-28)20-4-2-11-32-20/h2-9,11-12,14,19H,13,15-16H2,1H3/b9-7+. The lowest BCUT2D eigenvalue weighted by Crippen LogP contribution is -2.31. The second-order valence-electron chi connectivity index (χ2n) is 7.30. The van der Waals surface area contributed by atoms with E-state index in [1.54, 1.807) is 42.5 Å². The van der Waals surface area contributed by atoms with Crippen molar-refractivity contribution in [1.82, 2.24) is 5.01 Å². The van der Waals surface area contributed by atoms with Crippen LogP contribution in [-0.2, 0) is 14.3 Å². The van der Waals surface area contributed by atoms with E-state index < -0.39 is 24.5 Å². The van der Waals surface area contributed by atoms with Crippen molar-refractivity contribution in [3.8, 4) is 17.6 Å². The van der Waals surface area contributed by atoms with Crippen LogP contribution in [0.3, 0.4) is 0 Å². The number of nitriles is 1. The first-order valence-corrected chi connectivity index (χ1v) is 10.6. The third-order valence-electron chi connectivity index (χ3n) is 5.07. The number of rotatable bonds is 9. The fourth-order valence-corrected chi connectivity index (χ4v) is 3.46. The van der Waals surface area contributed by atoms with Crippen LogP contribution in [-0.4, -0.2) is 42.9 Å². The number of amides is 1. The van der Waals surface area contributed by atoms with Crippen LogP contribution >= 0.6 is 0 Å². The molecule has 0 saturated heterocycles. The molecule has 35 heavy (non-hydrogen) atoms. The lowest BCUT2D eigenvalue weighted by molar-refractivity contribution is -0.149. The summed E-state index contributed by atoms with van der Waals surface area (Å²) >= 11 is 0. The third kappa shape index (κ3) is 5.59. The second kappa shape index (κ2) is 10.9. The molecule has 1 aliphatic rings. The average molecular weight is 475 g/mol. The number of carbonyl (C=O) groups is 2. The quantitative estimate of drug-likeness (QED) is 0.338. The number of nitrogens with zero attached hydrogens (tertiary/aromatic N) is 3. The van der Waals surface area contributed by atoms with Gasteiger partial charge < -0.3 is 23.0 Å². The first-order valence-electron chi connectivity index (χ1n) is 10.6. The highest BCUT2D eigenvalue weighted by Crippen LogP contribution is 2.33. The number of hydrogen-bond acceptors (Lipinski definition) is 9. The number of methoxy groups -OCH3 is 1. The lowest BCUT2D eigenvalue weighted by atomic mass is 10.1. The van der Waals surface area contributed by atoms with Crippen LogP contribution in [0, 0.1) is 11.3 Å². The van der Waals surface area contributed by atoms with Gasteiger partial charge in [0.25, 0.3) is 5.91 Å². The Morgan fingerprint density at radius 1 is 1.20 bits per heavy atom. The van der Waals surface area contributed by atoms with Crippen LogP contribution in [0.5, 0.6) is 11.5 Å². The summed E-state index contributed by atoms with van der Waals surface area (Å²) in [4.78, 5) is 25.1. The van der Waals surface area contributed by atoms with E-state index in [2.05, 4.69) is 5.10 Å². The molecular formula is C25H21N3O7. The fraction of sp³-hybridized carbons (Fsp3) is 0.200. The highest BCUT2D eigenvalue weighted by molar-refractivity contribution is 6.01. The van der Waals surface area contributed by atoms with Crippen LogP contribution < -0.4 is 9.47 Å². The van der Waals surface area contributed by atoms with Crippen molar-refractivity contribution in [3.05, 3.63) is 78.2 Å². The second-order valence-corrected chi connectivity index (χ2v) is 7.30. The van der Waals surface area contributed by atoms with E-state index in [1.165, 1.54) is 36.8 Å². The fourth-order valence-electron chi connectivity index (χ4n) is 3.46. The first kappa shape index (κ1) is 23.4. The van der Waals surface area contributed by atoms with Gasteiger partial charge in [0.05, 0.1) is 19.6 Å². The Bertz CT molecular complexity index is 1270. The molecule has 0 bridgehead atoms. The molecule has 178 valence electrons. The summed E-state index contributed by atoms with van der Waals surface area (Å²) in [7, 11) is 1.47. The van der Waals surface area contributed by atoms with Gasteiger partial charge in [-0.2, -0.15) is 10.4 Å². The molecule has 0 spiro atoms. The molecule has 0 fully saturated rings. The monoisotopic (exact) mass is 475 g/mol. The summed E-state index contributed by atoms with van der Waals surface area (Å²) in [5.41, 5.74) is 1.23. The summed E-state index contributed by atoms with van der Waals surface area (Å²) < 4.78 is 26.5. The van der Waals surface area contributed by atoms with Crippen molar-refractivity contribution in [3.63, 3.8) is 0 Å². The van der Waals surface area contributed by atoms with Crippen LogP contribution in [0.4, 0.5) is 0 Å². The zero-order valence-corrected chi connectivity index (χ0v) is 18.7. The molecule has 1 unspecified atom stereocenters. The van der Waals surface area contributed by atoms with E-state index in [9.17, 15) is 9.59 Å². The number of esters is 1. The molecule has 0 N–H and O–H groups in total. The van der Waals surface area contributed by atoms with Crippen LogP contribution in [0.15, 0.2) is 75.0 Å². The molecule has 0 aliphatic carbocycles.